The van der Waals surface area contributed by atoms with Crippen LogP contribution in [-0.2, 0) is 0 Å². The topological polar surface area (TPSA) is 26.9 Å². The Morgan fingerprint density at radius 1 is 1.33 bits per heavy atom. The molecule has 0 saturated carbocycles. The first-order valence-corrected chi connectivity index (χ1v) is 2.24. The lowest BCUT2D eigenvalue weighted by Crippen LogP contribution is -2.30. The van der Waals surface area contributed by atoms with Crippen molar-refractivity contribution in [2.24, 2.45) is 0 Å². The smallest absolute Gasteiger partial charge is 0.371 e. The second kappa shape index (κ2) is 1.97. The Balaban J connectivity index is 3.17. The second-order valence-electron chi connectivity index (χ2n) is 1.50. The van der Waals surface area contributed by atoms with Crippen LogP contribution in [-0.4, -0.2) is 0 Å². The van der Waals surface area contributed by atoms with Crippen LogP contribution in [0.4, 0.5) is 8.78 Å². The van der Waals surface area contributed by atoms with E-state index in [1.165, 1.54) is 0 Å². The minimum Gasteiger partial charge on any atom is -0.617 e. The Labute approximate surface area is 49.9 Å². The van der Waals surface area contributed by atoms with Gasteiger partial charge in [-0.15, -0.1) is 9.12 Å². The molecule has 0 fully saturated rings. The third-order valence-electron chi connectivity index (χ3n) is 0.831. The summed E-state index contributed by atoms with van der Waals surface area (Å²) in [6.07, 6.45) is 0.523. The summed E-state index contributed by atoms with van der Waals surface area (Å²) in [7, 11) is 0. The van der Waals surface area contributed by atoms with E-state index in [-0.39, 0.29) is 4.73 Å². The maximum atomic E-state index is 12.0. The lowest BCUT2D eigenvalue weighted by Gasteiger charge is -1.93. The molecule has 1 rings (SSSR count). The first kappa shape index (κ1) is 5.94. The summed E-state index contributed by atoms with van der Waals surface area (Å²) < 4.78 is 23.8. The fourth-order valence-electron chi connectivity index (χ4n) is 0.439. The second-order valence-corrected chi connectivity index (χ2v) is 1.50. The Morgan fingerprint density at radius 2 is 2.00 bits per heavy atom. The van der Waals surface area contributed by atoms with Crippen LogP contribution in [0.15, 0.2) is 18.3 Å². The minimum atomic E-state index is -1.00. The SMILES string of the molecule is [O-][n+]1cc(F)ccc1F. The summed E-state index contributed by atoms with van der Waals surface area (Å²) in [5.74, 6) is -1.75. The van der Waals surface area contributed by atoms with Gasteiger partial charge in [-0.3, -0.25) is 0 Å². The van der Waals surface area contributed by atoms with Crippen molar-refractivity contribution in [3.63, 3.8) is 0 Å². The van der Waals surface area contributed by atoms with Gasteiger partial charge in [-0.25, -0.2) is 4.39 Å². The van der Waals surface area contributed by atoms with Crippen LogP contribution in [0.3, 0.4) is 0 Å². The maximum Gasteiger partial charge on any atom is 0.371 e. The summed E-state index contributed by atoms with van der Waals surface area (Å²) in [5, 5.41) is 10.1. The number of nitrogens with zero attached hydrogens (tertiary/aromatic N) is 1. The van der Waals surface area contributed by atoms with Crippen molar-refractivity contribution in [3.05, 3.63) is 35.3 Å². The molecule has 2 nitrogen and oxygen atoms in total. The van der Waals surface area contributed by atoms with Crippen LogP contribution in [0.5, 0.6) is 0 Å². The molecule has 0 unspecified atom stereocenters. The molecule has 0 aromatic carbocycles. The number of halogens is 2. The van der Waals surface area contributed by atoms with Crippen molar-refractivity contribution < 1.29 is 13.5 Å². The van der Waals surface area contributed by atoms with Crippen LogP contribution < -0.4 is 4.73 Å². The van der Waals surface area contributed by atoms with Gasteiger partial charge in [0.25, 0.3) is 0 Å². The molecular formula is C5H3F2NO. The van der Waals surface area contributed by atoms with Crippen molar-refractivity contribution in [1.29, 1.82) is 0 Å². The van der Waals surface area contributed by atoms with E-state index in [4.69, 9.17) is 0 Å². The normalized spacial score (nSPS) is 9.56. The van der Waals surface area contributed by atoms with E-state index in [1.54, 1.807) is 0 Å². The molecule has 9 heavy (non-hydrogen) atoms. The van der Waals surface area contributed by atoms with Gasteiger partial charge in [-0.1, -0.05) is 0 Å². The molecule has 0 saturated heterocycles. The van der Waals surface area contributed by atoms with Crippen LogP contribution in [0.2, 0.25) is 0 Å². The molecule has 0 N–H and O–H groups in total. The van der Waals surface area contributed by atoms with Crippen LogP contribution in [0.25, 0.3) is 0 Å². The molecule has 0 aliphatic rings. The molecule has 0 aliphatic carbocycles. The van der Waals surface area contributed by atoms with Gasteiger partial charge in [-0.05, 0) is 6.07 Å². The molecular weight excluding hydrogens is 128 g/mol. The molecule has 1 heterocycles. The Hall–Kier alpha value is -1.19. The average molecular weight is 131 g/mol. The fraction of sp³-hybridized carbons (Fsp3) is 0. The molecule has 0 amide bonds. The molecule has 0 spiro atoms. The highest BCUT2D eigenvalue weighted by atomic mass is 19.1. The van der Waals surface area contributed by atoms with Gasteiger partial charge in [-0.2, -0.15) is 0 Å². The van der Waals surface area contributed by atoms with E-state index >= 15 is 0 Å². The maximum absolute atomic E-state index is 12.0. The van der Waals surface area contributed by atoms with Crippen molar-refractivity contribution in [2.75, 3.05) is 0 Å². The van der Waals surface area contributed by atoms with E-state index < -0.39 is 11.8 Å². The first-order valence-electron chi connectivity index (χ1n) is 2.24. The van der Waals surface area contributed by atoms with Crippen molar-refractivity contribution in [1.82, 2.24) is 0 Å². The third-order valence-corrected chi connectivity index (χ3v) is 0.831. The van der Waals surface area contributed by atoms with E-state index in [2.05, 4.69) is 0 Å². The van der Waals surface area contributed by atoms with Crippen LogP contribution in [0.1, 0.15) is 0 Å². The zero-order valence-corrected chi connectivity index (χ0v) is 4.34. The van der Waals surface area contributed by atoms with Crippen molar-refractivity contribution >= 4 is 0 Å². The highest BCUT2D eigenvalue weighted by molar-refractivity contribution is 4.89. The lowest BCUT2D eigenvalue weighted by molar-refractivity contribution is -0.638. The van der Waals surface area contributed by atoms with Gasteiger partial charge in [0.15, 0.2) is 5.82 Å². The monoisotopic (exact) mass is 131 g/mol. The number of hydrogen-bond donors (Lipinski definition) is 0. The van der Waals surface area contributed by atoms with E-state index in [9.17, 15) is 14.0 Å². The first-order chi connectivity index (χ1) is 4.20. The van der Waals surface area contributed by atoms with Gasteiger partial charge in [0.1, 0.15) is 0 Å². The fourth-order valence-corrected chi connectivity index (χ4v) is 0.439. The Morgan fingerprint density at radius 3 is 2.44 bits per heavy atom. The van der Waals surface area contributed by atoms with E-state index in [0.717, 1.165) is 12.1 Å². The quantitative estimate of drug-likeness (QED) is 0.287. The molecule has 0 radical (unpaired) electrons. The summed E-state index contributed by atoms with van der Waals surface area (Å²) >= 11 is 0. The molecule has 0 bridgehead atoms. The van der Waals surface area contributed by atoms with Gasteiger partial charge >= 0.3 is 5.95 Å². The predicted octanol–water partition coefficient (Wildman–Crippen LogP) is 0.598. The summed E-state index contributed by atoms with van der Waals surface area (Å²) in [6, 6.07) is 1.64. The Bertz CT molecular complexity index is 226. The van der Waals surface area contributed by atoms with E-state index in [0.29, 0.717) is 6.20 Å². The Kier molecular flexibility index (Phi) is 1.30. The highest BCUT2D eigenvalue weighted by Crippen LogP contribution is 1.92. The molecule has 1 aromatic rings. The zero-order chi connectivity index (χ0) is 6.85. The summed E-state index contributed by atoms with van der Waals surface area (Å²) in [5.41, 5.74) is 0. The van der Waals surface area contributed by atoms with Crippen molar-refractivity contribution in [3.8, 4) is 0 Å². The molecule has 0 atom stereocenters. The standard InChI is InChI=1S/C5H3F2NO/c6-4-1-2-5(7)8(9)3-4/h1-3H. The van der Waals surface area contributed by atoms with Crippen LogP contribution >= 0.6 is 0 Å². The zero-order valence-electron chi connectivity index (χ0n) is 4.34. The molecule has 1 aromatic heterocycles. The molecule has 0 aliphatic heterocycles. The largest absolute Gasteiger partial charge is 0.617 e. The van der Waals surface area contributed by atoms with Gasteiger partial charge in [0.2, 0.25) is 6.20 Å². The predicted molar refractivity (Wildman–Crippen MR) is 25.3 cm³/mol. The number of rotatable bonds is 0. The van der Waals surface area contributed by atoms with E-state index in [1.807, 2.05) is 0 Å². The summed E-state index contributed by atoms with van der Waals surface area (Å²) in [4.78, 5) is 0. The molecule has 4 heteroatoms. The molecule has 48 valence electrons. The number of pyridine rings is 1. The number of aromatic nitrogens is 1. The summed E-state index contributed by atoms with van der Waals surface area (Å²) in [6.45, 7) is 0. The number of hydrogen-bond acceptors (Lipinski definition) is 1. The van der Waals surface area contributed by atoms with Gasteiger partial charge in [0.05, 0.1) is 0 Å². The van der Waals surface area contributed by atoms with Crippen LogP contribution in [0, 0.1) is 17.0 Å². The highest BCUT2D eigenvalue weighted by Gasteiger charge is 2.02. The average Bonchev–Trinajstić information content (AvgIpc) is 1.80. The minimum absolute atomic E-state index is 0.171. The lowest BCUT2D eigenvalue weighted by atomic mass is 10.5. The van der Waals surface area contributed by atoms with Gasteiger partial charge in [0, 0.05) is 6.07 Å². The van der Waals surface area contributed by atoms with Crippen molar-refractivity contribution in [2.45, 2.75) is 0 Å². The third kappa shape index (κ3) is 1.13. The van der Waals surface area contributed by atoms with Gasteiger partial charge < -0.3 is 5.21 Å².